The maximum absolute atomic E-state index is 5.19. The molecule has 1 atom stereocenters. The molecule has 144 valence electrons. The number of rotatable bonds is 6. The number of benzene rings is 1. The number of hydrogen-bond donors (Lipinski definition) is 1. The summed E-state index contributed by atoms with van der Waals surface area (Å²) >= 11 is 0. The summed E-state index contributed by atoms with van der Waals surface area (Å²) in [5.41, 5.74) is 2.05. The minimum absolute atomic E-state index is 0.402. The highest BCUT2D eigenvalue weighted by molar-refractivity contribution is 5.55. The summed E-state index contributed by atoms with van der Waals surface area (Å²) in [5, 5.41) is 3.62. The summed E-state index contributed by atoms with van der Waals surface area (Å²) < 4.78 is 5.19. The monoisotopic (exact) mass is 376 g/mol. The maximum Gasteiger partial charge on any atom is 0.225 e. The molecule has 0 spiro atoms. The van der Waals surface area contributed by atoms with Crippen LogP contribution in [0.25, 0.3) is 11.4 Å². The first-order valence-corrected chi connectivity index (χ1v) is 9.52. The van der Waals surface area contributed by atoms with Gasteiger partial charge in [0.05, 0.1) is 7.11 Å². The van der Waals surface area contributed by atoms with E-state index in [9.17, 15) is 0 Å². The summed E-state index contributed by atoms with van der Waals surface area (Å²) in [6.07, 6.45) is 9.64. The van der Waals surface area contributed by atoms with Crippen molar-refractivity contribution in [3.8, 4) is 17.1 Å². The SMILES string of the molecule is COc1ccc(-c2ncc(CN[C@@H]3CCCN(c4ncccn4)C3)cn2)cc1. The van der Waals surface area contributed by atoms with Gasteiger partial charge in [0.15, 0.2) is 5.82 Å². The Kier molecular flexibility index (Phi) is 5.72. The Morgan fingerprint density at radius 2 is 1.82 bits per heavy atom. The third-order valence-electron chi connectivity index (χ3n) is 4.90. The minimum atomic E-state index is 0.402. The van der Waals surface area contributed by atoms with Gasteiger partial charge in [0, 0.05) is 61.6 Å². The molecule has 1 aromatic carbocycles. The van der Waals surface area contributed by atoms with Crippen LogP contribution in [0.1, 0.15) is 18.4 Å². The Hall–Kier alpha value is -3.06. The largest absolute Gasteiger partial charge is 0.497 e. The van der Waals surface area contributed by atoms with Crippen molar-refractivity contribution in [2.24, 2.45) is 0 Å². The lowest BCUT2D eigenvalue weighted by atomic mass is 10.1. The summed E-state index contributed by atoms with van der Waals surface area (Å²) in [4.78, 5) is 20.0. The minimum Gasteiger partial charge on any atom is -0.497 e. The Bertz CT molecular complexity index is 870. The molecule has 1 aliphatic heterocycles. The van der Waals surface area contributed by atoms with Crippen molar-refractivity contribution in [1.29, 1.82) is 0 Å². The van der Waals surface area contributed by atoms with E-state index in [4.69, 9.17) is 4.74 Å². The molecule has 1 saturated heterocycles. The second kappa shape index (κ2) is 8.75. The van der Waals surface area contributed by atoms with Gasteiger partial charge >= 0.3 is 0 Å². The second-order valence-corrected chi connectivity index (χ2v) is 6.86. The fourth-order valence-electron chi connectivity index (χ4n) is 3.38. The van der Waals surface area contributed by atoms with Crippen LogP contribution in [0, 0.1) is 0 Å². The van der Waals surface area contributed by atoms with Crippen molar-refractivity contribution >= 4 is 5.95 Å². The molecule has 3 heterocycles. The van der Waals surface area contributed by atoms with Gasteiger partial charge in [-0.15, -0.1) is 0 Å². The summed E-state index contributed by atoms with van der Waals surface area (Å²) in [6.45, 7) is 2.66. The van der Waals surface area contributed by atoms with Crippen molar-refractivity contribution in [1.82, 2.24) is 25.3 Å². The van der Waals surface area contributed by atoms with Gasteiger partial charge in [-0.1, -0.05) is 0 Å². The van der Waals surface area contributed by atoms with Gasteiger partial charge in [-0.3, -0.25) is 0 Å². The Balaban J connectivity index is 1.33. The van der Waals surface area contributed by atoms with Gasteiger partial charge in [-0.2, -0.15) is 0 Å². The molecule has 1 N–H and O–H groups in total. The number of nitrogens with zero attached hydrogens (tertiary/aromatic N) is 5. The highest BCUT2D eigenvalue weighted by Crippen LogP contribution is 2.19. The van der Waals surface area contributed by atoms with Gasteiger partial charge in [-0.05, 0) is 43.2 Å². The molecule has 0 aliphatic carbocycles. The number of piperidine rings is 1. The van der Waals surface area contributed by atoms with Crippen molar-refractivity contribution in [2.45, 2.75) is 25.4 Å². The first kappa shape index (κ1) is 18.3. The topological polar surface area (TPSA) is 76.1 Å². The average Bonchev–Trinajstić information content (AvgIpc) is 2.79. The second-order valence-electron chi connectivity index (χ2n) is 6.86. The number of aromatic nitrogens is 4. The van der Waals surface area contributed by atoms with Crippen LogP contribution in [0.4, 0.5) is 5.95 Å². The van der Waals surface area contributed by atoms with Gasteiger partial charge in [0.2, 0.25) is 5.95 Å². The summed E-state index contributed by atoms with van der Waals surface area (Å²) in [6, 6.07) is 10.0. The third-order valence-corrected chi connectivity index (χ3v) is 4.90. The number of nitrogens with one attached hydrogen (secondary N) is 1. The first-order valence-electron chi connectivity index (χ1n) is 9.52. The van der Waals surface area contributed by atoms with Crippen LogP contribution in [0.3, 0.4) is 0 Å². The molecule has 2 aromatic heterocycles. The van der Waals surface area contributed by atoms with E-state index in [0.29, 0.717) is 6.04 Å². The van der Waals surface area contributed by atoms with Crippen LogP contribution in [-0.4, -0.2) is 46.2 Å². The lowest BCUT2D eigenvalue weighted by Gasteiger charge is -2.33. The third kappa shape index (κ3) is 4.43. The number of anilines is 1. The zero-order chi connectivity index (χ0) is 19.2. The molecule has 3 aromatic rings. The van der Waals surface area contributed by atoms with Crippen LogP contribution in [0.5, 0.6) is 5.75 Å². The molecule has 0 bridgehead atoms. The van der Waals surface area contributed by atoms with Gasteiger partial charge in [-0.25, -0.2) is 19.9 Å². The zero-order valence-electron chi connectivity index (χ0n) is 16.0. The van der Waals surface area contributed by atoms with Crippen LogP contribution in [0.15, 0.2) is 55.1 Å². The van der Waals surface area contributed by atoms with E-state index in [1.54, 1.807) is 19.5 Å². The molecule has 1 aliphatic rings. The molecule has 28 heavy (non-hydrogen) atoms. The standard InChI is InChI=1S/C21H24N6O/c1-28-19-7-5-17(6-8-19)20-25-13-16(14-26-20)12-24-18-4-2-11-27(15-18)21-22-9-3-10-23-21/h3,5-10,13-14,18,24H,2,4,11-12,15H2,1H3/t18-/m1/s1. The van der Waals surface area contributed by atoms with E-state index in [1.165, 1.54) is 0 Å². The molecule has 7 nitrogen and oxygen atoms in total. The number of ether oxygens (including phenoxy) is 1. The molecule has 0 unspecified atom stereocenters. The Morgan fingerprint density at radius 1 is 1.07 bits per heavy atom. The van der Waals surface area contributed by atoms with Crippen LogP contribution in [0.2, 0.25) is 0 Å². The lowest BCUT2D eigenvalue weighted by Crippen LogP contribution is -2.46. The molecule has 0 saturated carbocycles. The fraction of sp³-hybridized carbons (Fsp3) is 0.333. The van der Waals surface area contributed by atoms with E-state index < -0.39 is 0 Å². The first-order chi connectivity index (χ1) is 13.8. The predicted molar refractivity (Wildman–Crippen MR) is 108 cm³/mol. The van der Waals surface area contributed by atoms with Crippen molar-refractivity contribution in [2.75, 3.05) is 25.1 Å². The summed E-state index contributed by atoms with van der Waals surface area (Å²) in [7, 11) is 1.66. The molecule has 0 amide bonds. The maximum atomic E-state index is 5.19. The van der Waals surface area contributed by atoms with Gasteiger partial charge in [0.25, 0.3) is 0 Å². The Labute approximate surface area is 164 Å². The molecular weight excluding hydrogens is 352 g/mol. The Morgan fingerprint density at radius 3 is 2.54 bits per heavy atom. The molecule has 4 rings (SSSR count). The molecular formula is C21H24N6O. The normalized spacial score (nSPS) is 16.8. The predicted octanol–water partition coefficient (Wildman–Crippen LogP) is 2.70. The van der Waals surface area contributed by atoms with Crippen LogP contribution in [-0.2, 0) is 6.54 Å². The van der Waals surface area contributed by atoms with Crippen molar-refractivity contribution in [3.05, 3.63) is 60.7 Å². The van der Waals surface area contributed by atoms with Crippen LogP contribution < -0.4 is 15.0 Å². The number of methoxy groups -OCH3 is 1. The van der Waals surface area contributed by atoms with E-state index >= 15 is 0 Å². The molecule has 7 heteroatoms. The smallest absolute Gasteiger partial charge is 0.225 e. The molecule has 0 radical (unpaired) electrons. The van der Waals surface area contributed by atoms with Crippen LogP contribution >= 0.6 is 0 Å². The average molecular weight is 376 g/mol. The fourth-order valence-corrected chi connectivity index (χ4v) is 3.38. The van der Waals surface area contributed by atoms with E-state index in [2.05, 4.69) is 30.2 Å². The van der Waals surface area contributed by atoms with E-state index in [-0.39, 0.29) is 0 Å². The van der Waals surface area contributed by atoms with E-state index in [0.717, 1.165) is 61.1 Å². The zero-order valence-corrected chi connectivity index (χ0v) is 16.0. The number of hydrogen-bond acceptors (Lipinski definition) is 7. The molecule has 1 fully saturated rings. The van der Waals surface area contributed by atoms with Crippen molar-refractivity contribution < 1.29 is 4.74 Å². The quantitative estimate of drug-likeness (QED) is 0.709. The highest BCUT2D eigenvalue weighted by Gasteiger charge is 2.21. The highest BCUT2D eigenvalue weighted by atomic mass is 16.5. The van der Waals surface area contributed by atoms with Crippen molar-refractivity contribution in [3.63, 3.8) is 0 Å². The summed E-state index contributed by atoms with van der Waals surface area (Å²) in [5.74, 6) is 2.35. The van der Waals surface area contributed by atoms with Gasteiger partial charge in [0.1, 0.15) is 5.75 Å². The van der Waals surface area contributed by atoms with E-state index in [1.807, 2.05) is 42.7 Å². The van der Waals surface area contributed by atoms with Gasteiger partial charge < -0.3 is 15.0 Å². The lowest BCUT2D eigenvalue weighted by molar-refractivity contribution is 0.415.